The molecule has 0 bridgehead atoms. The van der Waals surface area contributed by atoms with Crippen molar-refractivity contribution in [3.63, 3.8) is 0 Å². The Kier molecular flexibility index (Phi) is 4.44. The van der Waals surface area contributed by atoms with Gasteiger partial charge in [0.15, 0.2) is 0 Å². The van der Waals surface area contributed by atoms with Gasteiger partial charge in [0, 0.05) is 13.1 Å². The van der Waals surface area contributed by atoms with Crippen LogP contribution in [0, 0.1) is 13.8 Å². The lowest BCUT2D eigenvalue weighted by atomic mass is 10.1. The van der Waals surface area contributed by atoms with Gasteiger partial charge in [0.05, 0.1) is 23.7 Å². The van der Waals surface area contributed by atoms with Crippen LogP contribution in [0.2, 0.25) is 0 Å². The first-order chi connectivity index (χ1) is 9.67. The van der Waals surface area contributed by atoms with Crippen molar-refractivity contribution >= 4 is 10.0 Å². The van der Waals surface area contributed by atoms with Crippen LogP contribution in [0.1, 0.15) is 30.5 Å². The van der Waals surface area contributed by atoms with Crippen LogP contribution in [0.15, 0.2) is 17.0 Å². The highest BCUT2D eigenvalue weighted by molar-refractivity contribution is 7.89. The van der Waals surface area contributed by atoms with Gasteiger partial charge >= 0.3 is 0 Å². The van der Waals surface area contributed by atoms with Gasteiger partial charge in [0.2, 0.25) is 10.0 Å². The van der Waals surface area contributed by atoms with E-state index >= 15 is 0 Å². The van der Waals surface area contributed by atoms with Crippen molar-refractivity contribution in [3.05, 3.63) is 28.8 Å². The van der Waals surface area contributed by atoms with Crippen LogP contribution in [0.3, 0.4) is 0 Å². The van der Waals surface area contributed by atoms with Crippen molar-refractivity contribution in [1.29, 1.82) is 0 Å². The molecule has 1 aromatic carbocycles. The number of hydrogen-bond acceptors (Lipinski definition) is 4. The highest BCUT2D eigenvalue weighted by Crippen LogP contribution is 2.27. The second kappa shape index (κ2) is 5.68. The zero-order valence-electron chi connectivity index (χ0n) is 13.0. The molecule has 2 rings (SSSR count). The van der Waals surface area contributed by atoms with Crippen molar-refractivity contribution < 1.29 is 18.3 Å². The fraction of sp³-hybridized carbons (Fsp3) is 0.600. The number of aliphatic hydroxyl groups excluding tert-OH is 1. The van der Waals surface area contributed by atoms with E-state index in [9.17, 15) is 13.5 Å². The average Bonchev–Trinajstić information content (AvgIpc) is 2.37. The zero-order valence-corrected chi connectivity index (χ0v) is 13.8. The number of aryl methyl sites for hydroxylation is 2. The second-order valence-electron chi connectivity index (χ2n) is 6.15. The first-order valence-corrected chi connectivity index (χ1v) is 8.46. The molecule has 118 valence electrons. The largest absolute Gasteiger partial charge is 0.392 e. The molecule has 0 aromatic heterocycles. The third-order valence-corrected chi connectivity index (χ3v) is 5.80. The summed E-state index contributed by atoms with van der Waals surface area (Å²) < 4.78 is 32.8. The number of nitrogens with zero attached hydrogens (tertiary/aromatic N) is 1. The Morgan fingerprint density at radius 1 is 1.29 bits per heavy atom. The molecule has 0 atom stereocenters. The molecule has 0 spiro atoms. The first-order valence-electron chi connectivity index (χ1n) is 7.02. The third kappa shape index (κ3) is 3.29. The summed E-state index contributed by atoms with van der Waals surface area (Å²) in [4.78, 5) is 0.273. The monoisotopic (exact) mass is 313 g/mol. The lowest BCUT2D eigenvalue weighted by molar-refractivity contribution is -0.0640. The molecule has 1 heterocycles. The normalized spacial score (nSPS) is 19.7. The first kappa shape index (κ1) is 16.4. The van der Waals surface area contributed by atoms with E-state index in [1.165, 1.54) is 4.31 Å². The van der Waals surface area contributed by atoms with Gasteiger partial charge in [-0.3, -0.25) is 0 Å². The van der Waals surface area contributed by atoms with Crippen molar-refractivity contribution in [1.82, 2.24) is 4.31 Å². The Labute approximate surface area is 126 Å². The van der Waals surface area contributed by atoms with Crippen LogP contribution in [0.4, 0.5) is 0 Å². The second-order valence-corrected chi connectivity index (χ2v) is 8.06. The summed E-state index contributed by atoms with van der Waals surface area (Å²) in [6.07, 6.45) is 0. The third-order valence-electron chi connectivity index (χ3n) is 3.81. The van der Waals surface area contributed by atoms with Crippen LogP contribution in [-0.4, -0.2) is 43.1 Å². The quantitative estimate of drug-likeness (QED) is 0.920. The molecular weight excluding hydrogens is 290 g/mol. The van der Waals surface area contributed by atoms with Gasteiger partial charge in [-0.05, 0) is 50.5 Å². The Bertz CT molecular complexity index is 637. The van der Waals surface area contributed by atoms with Crippen molar-refractivity contribution in [2.24, 2.45) is 0 Å². The smallest absolute Gasteiger partial charge is 0.243 e. The number of ether oxygens (including phenoxy) is 1. The summed E-state index contributed by atoms with van der Waals surface area (Å²) in [5.74, 6) is 0. The fourth-order valence-electron chi connectivity index (χ4n) is 2.64. The predicted octanol–water partition coefficient (Wildman–Crippen LogP) is 1.60. The summed E-state index contributed by atoms with van der Waals surface area (Å²) >= 11 is 0. The molecule has 0 radical (unpaired) electrons. The zero-order chi connectivity index (χ0) is 15.8. The van der Waals surface area contributed by atoms with E-state index in [2.05, 4.69) is 0 Å². The molecule has 5 nitrogen and oxygen atoms in total. The summed E-state index contributed by atoms with van der Waals surface area (Å²) in [5, 5.41) is 9.36. The van der Waals surface area contributed by atoms with E-state index in [-0.39, 0.29) is 11.5 Å². The van der Waals surface area contributed by atoms with Crippen molar-refractivity contribution in [2.75, 3.05) is 19.7 Å². The molecule has 1 fully saturated rings. The molecule has 0 unspecified atom stereocenters. The topological polar surface area (TPSA) is 66.8 Å². The molecule has 1 aliphatic heterocycles. The van der Waals surface area contributed by atoms with E-state index in [0.29, 0.717) is 30.8 Å². The highest BCUT2D eigenvalue weighted by Gasteiger charge is 2.35. The highest BCUT2D eigenvalue weighted by atomic mass is 32.2. The summed E-state index contributed by atoms with van der Waals surface area (Å²) in [7, 11) is -3.57. The lowest BCUT2D eigenvalue weighted by Gasteiger charge is -2.37. The van der Waals surface area contributed by atoms with Gasteiger partial charge in [-0.15, -0.1) is 0 Å². The summed E-state index contributed by atoms with van der Waals surface area (Å²) in [6.45, 7) is 8.34. The predicted molar refractivity (Wildman–Crippen MR) is 80.6 cm³/mol. The van der Waals surface area contributed by atoms with Crippen LogP contribution < -0.4 is 0 Å². The van der Waals surface area contributed by atoms with Crippen LogP contribution in [0.25, 0.3) is 0 Å². The standard InChI is InChI=1S/C15H23NO4S/c1-11-7-12(2)14(8-13(11)9-17)21(18,19)16-5-6-20-15(3,4)10-16/h7-8,17H,5-6,9-10H2,1-4H3. The van der Waals surface area contributed by atoms with Crippen LogP contribution in [-0.2, 0) is 21.4 Å². The Hall–Kier alpha value is -0.950. The average molecular weight is 313 g/mol. The van der Waals surface area contributed by atoms with Crippen molar-refractivity contribution in [2.45, 2.75) is 44.8 Å². The molecule has 21 heavy (non-hydrogen) atoms. The molecular formula is C15H23NO4S. The molecule has 0 aliphatic carbocycles. The molecule has 6 heteroatoms. The SMILES string of the molecule is Cc1cc(C)c(S(=O)(=O)N2CCOC(C)(C)C2)cc1CO. The summed E-state index contributed by atoms with van der Waals surface area (Å²) in [6, 6.07) is 3.40. The lowest BCUT2D eigenvalue weighted by Crippen LogP contribution is -2.50. The summed E-state index contributed by atoms with van der Waals surface area (Å²) in [5.41, 5.74) is 1.76. The number of aliphatic hydroxyl groups is 1. The minimum atomic E-state index is -3.57. The number of rotatable bonds is 3. The van der Waals surface area contributed by atoms with E-state index in [4.69, 9.17) is 4.74 Å². The minimum Gasteiger partial charge on any atom is -0.392 e. The molecule has 0 saturated carbocycles. The van der Waals surface area contributed by atoms with Gasteiger partial charge in [0.25, 0.3) is 0 Å². The van der Waals surface area contributed by atoms with E-state index in [1.54, 1.807) is 13.0 Å². The maximum absolute atomic E-state index is 12.9. The minimum absolute atomic E-state index is 0.163. The number of hydrogen-bond donors (Lipinski definition) is 1. The Morgan fingerprint density at radius 2 is 1.95 bits per heavy atom. The van der Waals surface area contributed by atoms with E-state index in [1.807, 2.05) is 26.8 Å². The van der Waals surface area contributed by atoms with Crippen molar-refractivity contribution in [3.8, 4) is 0 Å². The molecule has 1 N–H and O–H groups in total. The van der Waals surface area contributed by atoms with Gasteiger partial charge in [-0.2, -0.15) is 4.31 Å². The molecule has 0 amide bonds. The molecule has 1 aliphatic rings. The van der Waals surface area contributed by atoms with Gasteiger partial charge < -0.3 is 9.84 Å². The van der Waals surface area contributed by atoms with E-state index in [0.717, 1.165) is 5.56 Å². The van der Waals surface area contributed by atoms with Crippen LogP contribution >= 0.6 is 0 Å². The number of morpholine rings is 1. The molecule has 1 aromatic rings. The number of sulfonamides is 1. The Balaban J connectivity index is 2.44. The Morgan fingerprint density at radius 3 is 2.52 bits per heavy atom. The van der Waals surface area contributed by atoms with Gasteiger partial charge in [-0.25, -0.2) is 8.42 Å². The van der Waals surface area contributed by atoms with Gasteiger partial charge in [-0.1, -0.05) is 6.07 Å². The number of benzene rings is 1. The van der Waals surface area contributed by atoms with Crippen LogP contribution in [0.5, 0.6) is 0 Å². The van der Waals surface area contributed by atoms with Gasteiger partial charge in [0.1, 0.15) is 0 Å². The molecule has 1 saturated heterocycles. The fourth-order valence-corrected chi connectivity index (χ4v) is 4.47. The maximum atomic E-state index is 12.9. The van der Waals surface area contributed by atoms with E-state index < -0.39 is 15.6 Å². The maximum Gasteiger partial charge on any atom is 0.243 e.